The smallest absolute Gasteiger partial charge is 0.307 e. The molecule has 1 N–H and O–H groups in total. The molecule has 2 aliphatic carbocycles. The summed E-state index contributed by atoms with van der Waals surface area (Å²) in [5.41, 5.74) is 0.0709. The second kappa shape index (κ2) is 2.73. The van der Waals surface area contributed by atoms with E-state index in [0.717, 1.165) is 12.3 Å². The van der Waals surface area contributed by atoms with Crippen LogP contribution < -0.4 is 0 Å². The van der Waals surface area contributed by atoms with E-state index in [0.29, 0.717) is 5.92 Å². The highest BCUT2D eigenvalue weighted by Crippen LogP contribution is 2.62. The topological polar surface area (TPSA) is 37.3 Å². The van der Waals surface area contributed by atoms with Crippen molar-refractivity contribution in [2.24, 2.45) is 23.2 Å². The Morgan fingerprint density at radius 1 is 1.46 bits per heavy atom. The first kappa shape index (κ1) is 9.04. The fraction of sp³-hybridized carbons (Fsp3) is 0.909. The molecule has 74 valence electrons. The molecule has 0 bridgehead atoms. The van der Waals surface area contributed by atoms with Gasteiger partial charge in [0.1, 0.15) is 0 Å². The highest BCUT2D eigenvalue weighted by molar-refractivity contribution is 5.75. The molecule has 2 aliphatic rings. The number of hydrogen-bond acceptors (Lipinski definition) is 1. The molecule has 0 aromatic rings. The Balaban J connectivity index is 1.90. The summed E-state index contributed by atoms with van der Waals surface area (Å²) in [4.78, 5) is 10.9. The molecule has 0 spiro atoms. The molecule has 0 aliphatic heterocycles. The fourth-order valence-electron chi connectivity index (χ4n) is 2.76. The van der Waals surface area contributed by atoms with Crippen molar-refractivity contribution >= 4 is 5.97 Å². The van der Waals surface area contributed by atoms with Crippen LogP contribution in [-0.2, 0) is 4.79 Å². The van der Waals surface area contributed by atoms with Crippen LogP contribution in [0.1, 0.15) is 39.5 Å². The van der Waals surface area contributed by atoms with Crippen LogP contribution >= 0.6 is 0 Å². The second-order valence-electron chi connectivity index (χ2n) is 5.28. The lowest BCUT2D eigenvalue weighted by Crippen LogP contribution is -2.13. The summed E-state index contributed by atoms with van der Waals surface area (Å²) in [7, 11) is 0. The molecule has 0 radical (unpaired) electrons. The molecule has 2 fully saturated rings. The zero-order chi connectivity index (χ0) is 9.64. The van der Waals surface area contributed by atoms with Crippen molar-refractivity contribution in [3.63, 3.8) is 0 Å². The van der Waals surface area contributed by atoms with Gasteiger partial charge in [-0.15, -0.1) is 0 Å². The molecule has 2 nitrogen and oxygen atoms in total. The van der Waals surface area contributed by atoms with Gasteiger partial charge in [-0.2, -0.15) is 0 Å². The predicted octanol–water partition coefficient (Wildman–Crippen LogP) is 2.53. The molecule has 0 aromatic heterocycles. The summed E-state index contributed by atoms with van der Waals surface area (Å²) in [6.07, 6.45) is 5.18. The van der Waals surface area contributed by atoms with Gasteiger partial charge in [0.15, 0.2) is 0 Å². The van der Waals surface area contributed by atoms with Crippen LogP contribution in [0.2, 0.25) is 0 Å². The van der Waals surface area contributed by atoms with Gasteiger partial charge in [0, 0.05) is 0 Å². The zero-order valence-corrected chi connectivity index (χ0v) is 8.42. The molecule has 2 unspecified atom stereocenters. The van der Waals surface area contributed by atoms with Crippen molar-refractivity contribution in [3.8, 4) is 0 Å². The van der Waals surface area contributed by atoms with Gasteiger partial charge >= 0.3 is 5.97 Å². The molecule has 2 heteroatoms. The first-order valence-electron chi connectivity index (χ1n) is 5.26. The molecule has 13 heavy (non-hydrogen) atoms. The first-order chi connectivity index (χ1) is 6.03. The number of carboxylic acids is 1. The van der Waals surface area contributed by atoms with Gasteiger partial charge in [-0.1, -0.05) is 33.1 Å². The van der Waals surface area contributed by atoms with E-state index in [1.54, 1.807) is 0 Å². The Morgan fingerprint density at radius 2 is 2.08 bits per heavy atom. The van der Waals surface area contributed by atoms with Crippen molar-refractivity contribution in [2.45, 2.75) is 39.5 Å². The van der Waals surface area contributed by atoms with E-state index in [2.05, 4.69) is 13.8 Å². The third-order valence-corrected chi connectivity index (χ3v) is 4.13. The van der Waals surface area contributed by atoms with Crippen molar-refractivity contribution in [1.29, 1.82) is 0 Å². The van der Waals surface area contributed by atoms with Gasteiger partial charge in [0.05, 0.1) is 5.92 Å². The maximum atomic E-state index is 10.9. The van der Waals surface area contributed by atoms with Gasteiger partial charge in [0.2, 0.25) is 0 Å². The van der Waals surface area contributed by atoms with Crippen LogP contribution in [0.15, 0.2) is 0 Å². The molecular formula is C11H18O2. The van der Waals surface area contributed by atoms with Crippen LogP contribution in [0.4, 0.5) is 0 Å². The van der Waals surface area contributed by atoms with Crippen LogP contribution in [0, 0.1) is 23.2 Å². The van der Waals surface area contributed by atoms with Gasteiger partial charge < -0.3 is 5.11 Å². The molecule has 0 amide bonds. The van der Waals surface area contributed by atoms with E-state index in [1.807, 2.05) is 0 Å². The van der Waals surface area contributed by atoms with Crippen LogP contribution in [-0.4, -0.2) is 11.1 Å². The number of rotatable bonds is 3. The normalized spacial score (nSPS) is 36.8. The molecule has 2 atom stereocenters. The Morgan fingerprint density at radius 3 is 2.38 bits per heavy atom. The van der Waals surface area contributed by atoms with Gasteiger partial charge in [-0.3, -0.25) is 4.79 Å². The lowest BCUT2D eigenvalue weighted by atomic mass is 9.80. The zero-order valence-electron chi connectivity index (χ0n) is 8.42. The summed E-state index contributed by atoms with van der Waals surface area (Å²) >= 11 is 0. The lowest BCUT2D eigenvalue weighted by Gasteiger charge is -2.25. The van der Waals surface area contributed by atoms with Crippen molar-refractivity contribution < 1.29 is 9.90 Å². The minimum atomic E-state index is -0.589. The number of carboxylic acid groups (broad SMARTS) is 1. The van der Waals surface area contributed by atoms with Gasteiger partial charge in [0.25, 0.3) is 0 Å². The van der Waals surface area contributed by atoms with Crippen LogP contribution in [0.5, 0.6) is 0 Å². The summed E-state index contributed by atoms with van der Waals surface area (Å²) in [6, 6.07) is 0. The highest BCUT2D eigenvalue weighted by atomic mass is 16.4. The fourth-order valence-corrected chi connectivity index (χ4v) is 2.76. The number of aliphatic carboxylic acids is 1. The first-order valence-corrected chi connectivity index (χ1v) is 5.26. The SMILES string of the molecule is CC1(C)C(CC2CCC2)C1C(=O)O. The Hall–Kier alpha value is -0.530. The summed E-state index contributed by atoms with van der Waals surface area (Å²) in [5, 5.41) is 8.96. The summed E-state index contributed by atoms with van der Waals surface area (Å²) < 4.78 is 0. The second-order valence-corrected chi connectivity index (χ2v) is 5.28. The standard InChI is InChI=1S/C11H18O2/c1-11(2)8(9(11)10(12)13)6-7-4-3-5-7/h7-9H,3-6H2,1-2H3,(H,12,13). The Bertz CT molecular complexity index is 228. The van der Waals surface area contributed by atoms with Crippen molar-refractivity contribution in [3.05, 3.63) is 0 Å². The van der Waals surface area contributed by atoms with Crippen molar-refractivity contribution in [2.75, 3.05) is 0 Å². The minimum Gasteiger partial charge on any atom is -0.481 e. The maximum Gasteiger partial charge on any atom is 0.307 e. The largest absolute Gasteiger partial charge is 0.481 e. The molecule has 0 saturated heterocycles. The number of hydrogen-bond donors (Lipinski definition) is 1. The third-order valence-electron chi connectivity index (χ3n) is 4.13. The average Bonchev–Trinajstić information content (AvgIpc) is 2.44. The van der Waals surface area contributed by atoms with E-state index in [-0.39, 0.29) is 11.3 Å². The van der Waals surface area contributed by atoms with E-state index in [9.17, 15) is 4.79 Å². The van der Waals surface area contributed by atoms with E-state index in [1.165, 1.54) is 19.3 Å². The van der Waals surface area contributed by atoms with Crippen molar-refractivity contribution in [1.82, 2.24) is 0 Å². The minimum absolute atomic E-state index is 0.0619. The Labute approximate surface area is 79.3 Å². The monoisotopic (exact) mass is 182 g/mol. The highest BCUT2D eigenvalue weighted by Gasteiger charge is 2.62. The van der Waals surface area contributed by atoms with Gasteiger partial charge in [-0.25, -0.2) is 0 Å². The van der Waals surface area contributed by atoms with E-state index < -0.39 is 5.97 Å². The Kier molecular flexibility index (Phi) is 1.90. The van der Waals surface area contributed by atoms with Gasteiger partial charge in [-0.05, 0) is 23.7 Å². The molecule has 0 aromatic carbocycles. The number of carbonyl (C=O) groups is 1. The molecular weight excluding hydrogens is 164 g/mol. The third kappa shape index (κ3) is 1.36. The average molecular weight is 182 g/mol. The molecule has 2 saturated carbocycles. The summed E-state index contributed by atoms with van der Waals surface area (Å²) in [5.74, 6) is 0.645. The van der Waals surface area contributed by atoms with Crippen LogP contribution in [0.3, 0.4) is 0 Å². The quantitative estimate of drug-likeness (QED) is 0.728. The molecule has 2 rings (SSSR count). The molecule has 0 heterocycles. The summed E-state index contributed by atoms with van der Waals surface area (Å²) in [6.45, 7) is 4.18. The van der Waals surface area contributed by atoms with E-state index >= 15 is 0 Å². The maximum absolute atomic E-state index is 10.9. The predicted molar refractivity (Wildman–Crippen MR) is 50.4 cm³/mol. The lowest BCUT2D eigenvalue weighted by molar-refractivity contribution is -0.139. The van der Waals surface area contributed by atoms with Crippen LogP contribution in [0.25, 0.3) is 0 Å². The van der Waals surface area contributed by atoms with E-state index in [4.69, 9.17) is 5.11 Å².